The standard InChI is InChI=1S/C30H33FN8O2S.C25H26FN7S.C24H25FN8S.C21H17BrFN5S.C5H11N/c1-4-23-29(35(3)30-33-28(26(14-32)42-30)20-5-7-21(31)8-6-20)25-13-24(19(2)15-39(25)34-23)37-11-9-36(10-12-37)18-27(41)38-16-22(40)17-38;1-4-19-22(24-29-23(16(2)15-33(24)30-19)32-12-6-5-7-13-32)31(3)25-28-21(20(14-27)34-25)17-8-10-18(26)11-9-17;1-4-18-21(23-29-22(15(2)14-33(23)30-18)32-11-9-27-10-12-32)31(3)24-28-20(19(13-26)34-24)16-5-7-17(25)8-6-16;1-4-16-20(17-9-15(22)12(2)11-28(17)26-16)27(3)21-25-19(18(10-24)29-21)13-5-7-14(23)8-6-13;1-2-4-6-5-3-1/h5-8,13,15,22,40H,4,9-12,16-18H2,1-3H3;8-11,15H,4-7,12-13H2,1-3H3;5-8,14,27H,4,9-12H2,1-3H3;5-9,11H,4H2,1-3H3;6H,1-5H2. The van der Waals surface area contributed by atoms with Crippen molar-refractivity contribution in [2.24, 2.45) is 0 Å². The van der Waals surface area contributed by atoms with Crippen LogP contribution in [-0.4, -0.2) is 222 Å². The summed E-state index contributed by atoms with van der Waals surface area (Å²) in [6.45, 7) is 29.2. The molecule has 31 nitrogen and oxygen atoms in total. The lowest BCUT2D eigenvalue weighted by Crippen LogP contribution is -2.57. The van der Waals surface area contributed by atoms with E-state index in [1.807, 2.05) is 91.2 Å². The van der Waals surface area contributed by atoms with Gasteiger partial charge in [0.05, 0.1) is 57.8 Å². The van der Waals surface area contributed by atoms with Gasteiger partial charge in [0.15, 0.2) is 31.8 Å². The second kappa shape index (κ2) is 45.6. The summed E-state index contributed by atoms with van der Waals surface area (Å²) in [5.41, 5.74) is 21.3. The summed E-state index contributed by atoms with van der Waals surface area (Å²) in [7, 11) is 7.73. The number of aryl methyl sites for hydroxylation is 8. The first kappa shape index (κ1) is 103. The molecule has 40 heteroatoms. The molecule has 4 aromatic carbocycles. The minimum absolute atomic E-state index is 0.0784. The van der Waals surface area contributed by atoms with Gasteiger partial charge in [-0.15, -0.1) is 0 Å². The fourth-order valence-electron chi connectivity index (χ4n) is 18.5. The molecule has 12 aromatic heterocycles. The number of nitriles is 4. The zero-order valence-corrected chi connectivity index (χ0v) is 87.8. The molecule has 17 heterocycles. The number of carbonyl (C=O) groups excluding carboxylic acids is 1. The smallest absolute Gasteiger partial charge is 0.236 e. The number of anilines is 11. The SMILES string of the molecule is C1CCNCC1.CCc1nn2cc(C)c(Br)cc2c1N(C)c1nc(-c2ccc(F)cc2)c(C#N)s1.CCc1nn2cc(C)c(N3CCCCC3)nc2c1N(C)c1nc(-c2ccc(F)cc2)c(C#N)s1.CCc1nn2cc(C)c(N3CCN(CC(=O)N4CC(O)C4)CC3)cc2c1N(C)c1nc(-c2ccc(F)cc2)c(C#N)s1.CCc1nn2cc(C)c(N3CCNCC3)nc2c1N(C)c1nc(-c2ccc(F)cc2)c(C#N)s1. The van der Waals surface area contributed by atoms with Crippen molar-refractivity contribution in [3.8, 4) is 69.3 Å². The molecule has 16 aromatic rings. The Morgan fingerprint density at radius 2 is 0.745 bits per heavy atom. The Kier molecular flexibility index (Phi) is 32.2. The molecule has 1 amide bonds. The quantitative estimate of drug-likeness (QED) is 0.0563. The molecule has 0 unspecified atom stereocenters. The van der Waals surface area contributed by atoms with Crippen LogP contribution in [0.3, 0.4) is 0 Å². The van der Waals surface area contributed by atoms with Crippen molar-refractivity contribution in [1.82, 2.24) is 88.8 Å². The molecular formula is C105H112BrF4N29O2S4. The van der Waals surface area contributed by atoms with Crippen LogP contribution >= 0.6 is 61.3 Å². The van der Waals surface area contributed by atoms with Gasteiger partial charge in [0, 0.05) is 175 Å². The molecule has 0 radical (unpaired) electrons. The summed E-state index contributed by atoms with van der Waals surface area (Å²) in [5.74, 6) is 0.755. The number of β-amino-alcohol motifs (C(OH)–C–C–N with tert-alkyl or cyclic N) is 1. The number of aliphatic hydroxyl groups excluding tert-OH is 1. The summed E-state index contributed by atoms with van der Waals surface area (Å²) < 4.78 is 62.2. The number of piperazine rings is 2. The fourth-order valence-corrected chi connectivity index (χ4v) is 22.3. The Hall–Kier alpha value is -13.9. The van der Waals surface area contributed by atoms with E-state index in [0.29, 0.717) is 105 Å². The average molecular weight is 2100 g/mol. The third-order valence-electron chi connectivity index (χ3n) is 26.3. The van der Waals surface area contributed by atoms with Crippen LogP contribution < -0.4 is 44.9 Å². The second-order valence-corrected chi connectivity index (χ2v) is 40.9. The van der Waals surface area contributed by atoms with Crippen molar-refractivity contribution in [2.75, 3.05) is 161 Å². The van der Waals surface area contributed by atoms with Crippen LogP contribution in [0.4, 0.5) is 78.2 Å². The van der Waals surface area contributed by atoms with Gasteiger partial charge in [-0.3, -0.25) is 9.69 Å². The molecule has 0 bridgehead atoms. The number of carbonyl (C=O) groups is 1. The number of rotatable bonds is 21. The minimum atomic E-state index is -0.384. The fraction of sp³-hybridized carbons (Fsp3) is 0.362. The summed E-state index contributed by atoms with van der Waals surface area (Å²) in [6.07, 6.45) is 18.5. The first-order valence-corrected chi connectivity index (χ1v) is 52.7. The normalized spacial score (nSPS) is 14.4. The van der Waals surface area contributed by atoms with Gasteiger partial charge in [0.2, 0.25) is 5.91 Å². The first-order chi connectivity index (χ1) is 70.2. The number of halogens is 5. The molecule has 0 spiro atoms. The summed E-state index contributed by atoms with van der Waals surface area (Å²) in [5, 5.41) is 77.0. The van der Waals surface area contributed by atoms with Gasteiger partial charge in [-0.2, -0.15) is 41.4 Å². The van der Waals surface area contributed by atoms with Gasteiger partial charge < -0.3 is 54.9 Å². The number of pyridine rings is 2. The predicted molar refractivity (Wildman–Crippen MR) is 571 cm³/mol. The van der Waals surface area contributed by atoms with Crippen LogP contribution in [0, 0.1) is 96.3 Å². The van der Waals surface area contributed by atoms with Crippen molar-refractivity contribution in [3.05, 3.63) is 226 Å². The Bertz CT molecular complexity index is 7320. The van der Waals surface area contributed by atoms with Crippen molar-refractivity contribution < 1.29 is 27.5 Å². The number of nitrogens with zero attached hydrogens (tertiary/aromatic N) is 27. The van der Waals surface area contributed by atoms with E-state index in [1.165, 1.54) is 145 Å². The number of aromatic nitrogens is 14. The molecule has 5 aliphatic rings. The number of amides is 1. The lowest BCUT2D eigenvalue weighted by Gasteiger charge is -2.40. The van der Waals surface area contributed by atoms with E-state index in [1.54, 1.807) is 53.4 Å². The number of fused-ring (bicyclic) bond motifs is 4. The summed E-state index contributed by atoms with van der Waals surface area (Å²) in [6, 6.07) is 37.4. The third kappa shape index (κ3) is 22.2. The topological polar surface area (TPSA) is 332 Å². The van der Waals surface area contributed by atoms with Gasteiger partial charge in [0.1, 0.15) is 113 Å². The Morgan fingerprint density at radius 1 is 0.414 bits per heavy atom. The van der Waals surface area contributed by atoms with Crippen LogP contribution in [0.2, 0.25) is 0 Å². The minimum Gasteiger partial charge on any atom is -0.389 e. The second-order valence-electron chi connectivity index (χ2n) is 36.2. The van der Waals surface area contributed by atoms with Crippen LogP contribution in [-0.2, 0) is 30.5 Å². The van der Waals surface area contributed by atoms with E-state index in [-0.39, 0.29) is 35.3 Å². The van der Waals surface area contributed by atoms with E-state index >= 15 is 0 Å². The van der Waals surface area contributed by atoms with Crippen molar-refractivity contribution in [1.29, 1.82) is 21.0 Å². The molecule has 748 valence electrons. The third-order valence-corrected chi connectivity index (χ3v) is 31.3. The van der Waals surface area contributed by atoms with Gasteiger partial charge >= 0.3 is 0 Å². The van der Waals surface area contributed by atoms with Gasteiger partial charge in [-0.25, -0.2) is 65.5 Å². The van der Waals surface area contributed by atoms with Crippen LogP contribution in [0.1, 0.15) is 131 Å². The molecule has 21 rings (SSSR count). The van der Waals surface area contributed by atoms with Crippen molar-refractivity contribution in [2.45, 2.75) is 126 Å². The van der Waals surface area contributed by atoms with Crippen LogP contribution in [0.5, 0.6) is 0 Å². The zero-order valence-electron chi connectivity index (χ0n) is 82.9. The summed E-state index contributed by atoms with van der Waals surface area (Å²) >= 11 is 8.84. The number of hydrogen-bond donors (Lipinski definition) is 3. The maximum atomic E-state index is 13.5. The molecular weight excluding hydrogens is 1980 g/mol. The van der Waals surface area contributed by atoms with E-state index in [2.05, 4.69) is 137 Å². The van der Waals surface area contributed by atoms with E-state index < -0.39 is 0 Å². The molecule has 0 aliphatic carbocycles. The number of aliphatic hydroxyl groups is 1. The van der Waals surface area contributed by atoms with Crippen LogP contribution in [0.25, 0.3) is 67.4 Å². The molecule has 145 heavy (non-hydrogen) atoms. The maximum absolute atomic E-state index is 13.5. The van der Waals surface area contributed by atoms with Gasteiger partial charge in [-0.05, 0) is 219 Å². The largest absolute Gasteiger partial charge is 0.389 e. The first-order valence-electron chi connectivity index (χ1n) is 48.6. The van der Waals surface area contributed by atoms with Crippen LogP contribution in [0.15, 0.2) is 138 Å². The Labute approximate surface area is 863 Å². The highest BCUT2D eigenvalue weighted by Crippen LogP contribution is 2.46. The average Bonchev–Trinajstić information content (AvgIpc) is 1.60. The number of piperidine rings is 2. The highest BCUT2D eigenvalue weighted by Gasteiger charge is 2.34. The van der Waals surface area contributed by atoms with E-state index in [0.717, 1.165) is 203 Å². The Morgan fingerprint density at radius 3 is 1.10 bits per heavy atom. The number of nitrogens with one attached hydrogen (secondary N) is 2. The monoisotopic (exact) mass is 2090 g/mol. The van der Waals surface area contributed by atoms with Gasteiger partial charge in [-0.1, -0.05) is 95.4 Å². The van der Waals surface area contributed by atoms with Gasteiger partial charge in [0.25, 0.3) is 0 Å². The zero-order chi connectivity index (χ0) is 102. The highest BCUT2D eigenvalue weighted by atomic mass is 79.9. The molecule has 3 N–H and O–H groups in total. The molecule has 5 fully saturated rings. The molecule has 5 aliphatic heterocycles. The number of benzene rings is 4. The maximum Gasteiger partial charge on any atom is 0.236 e. The molecule has 5 saturated heterocycles. The number of thiazole rings is 4. The Balaban J connectivity index is 0.000000131. The number of hydrogen-bond acceptors (Lipinski definition) is 30. The molecule has 0 atom stereocenters. The van der Waals surface area contributed by atoms with E-state index in [9.17, 15) is 48.5 Å². The lowest BCUT2D eigenvalue weighted by atomic mass is 10.1. The van der Waals surface area contributed by atoms with Crippen molar-refractivity contribution in [3.63, 3.8) is 0 Å². The van der Waals surface area contributed by atoms with E-state index in [4.69, 9.17) is 50.3 Å². The van der Waals surface area contributed by atoms with Crippen molar-refractivity contribution >= 4 is 150 Å². The highest BCUT2D eigenvalue weighted by molar-refractivity contribution is 9.10. The lowest BCUT2D eigenvalue weighted by molar-refractivity contribution is -0.142. The summed E-state index contributed by atoms with van der Waals surface area (Å²) in [4.78, 5) is 62.4. The molecule has 0 saturated carbocycles. The number of likely N-dealkylation sites (tertiary alicyclic amines) is 1. The predicted octanol–water partition coefficient (Wildman–Crippen LogP) is 19.5.